The molecule has 1 aromatic rings. The molecule has 2 N–H and O–H groups in total. The van der Waals surface area contributed by atoms with E-state index in [-0.39, 0.29) is 0 Å². The summed E-state index contributed by atoms with van der Waals surface area (Å²) in [4.78, 5) is 4.05. The summed E-state index contributed by atoms with van der Waals surface area (Å²) in [5, 5.41) is 7.73. The maximum absolute atomic E-state index is 5.43. The van der Waals surface area contributed by atoms with Crippen molar-refractivity contribution < 1.29 is 0 Å². The Kier molecular flexibility index (Phi) is 3.02. The predicted molar refractivity (Wildman–Crippen MR) is 53.4 cm³/mol. The van der Waals surface area contributed by atoms with E-state index in [1.807, 2.05) is 32.1 Å². The Morgan fingerprint density at radius 2 is 1.92 bits per heavy atom. The van der Waals surface area contributed by atoms with E-state index < -0.39 is 0 Å². The molecule has 1 aromatic heterocycles. The molecule has 0 radical (unpaired) electrons. The SMILES string of the molecule is CN(C)CN(C)c1ccc(N)nn1. The number of anilines is 2. The molecule has 5 nitrogen and oxygen atoms in total. The van der Waals surface area contributed by atoms with Crippen LogP contribution in [-0.4, -0.2) is 42.9 Å². The molecule has 0 aliphatic heterocycles. The molecular formula is C8H15N5. The number of nitrogens with zero attached hydrogens (tertiary/aromatic N) is 4. The van der Waals surface area contributed by atoms with Gasteiger partial charge in [0.25, 0.3) is 0 Å². The van der Waals surface area contributed by atoms with Crippen molar-refractivity contribution in [2.75, 3.05) is 38.4 Å². The van der Waals surface area contributed by atoms with Crippen LogP contribution in [0.15, 0.2) is 12.1 Å². The van der Waals surface area contributed by atoms with Gasteiger partial charge >= 0.3 is 0 Å². The van der Waals surface area contributed by atoms with Crippen molar-refractivity contribution in [1.82, 2.24) is 15.1 Å². The zero-order valence-electron chi connectivity index (χ0n) is 8.23. The second kappa shape index (κ2) is 4.04. The van der Waals surface area contributed by atoms with E-state index in [1.54, 1.807) is 6.07 Å². The highest BCUT2D eigenvalue weighted by Crippen LogP contribution is 2.07. The van der Waals surface area contributed by atoms with Gasteiger partial charge in [-0.15, -0.1) is 10.2 Å². The van der Waals surface area contributed by atoms with Crippen molar-refractivity contribution >= 4 is 11.6 Å². The van der Waals surface area contributed by atoms with Gasteiger partial charge in [0.05, 0.1) is 6.67 Å². The average Bonchev–Trinajstić information content (AvgIpc) is 2.04. The van der Waals surface area contributed by atoms with E-state index in [0.29, 0.717) is 5.82 Å². The third-order valence-corrected chi connectivity index (χ3v) is 1.56. The standard InChI is InChI=1S/C8H15N5/c1-12(2)6-13(3)8-5-4-7(9)10-11-8/h4-5H,6H2,1-3H3,(H2,9,10). The molecule has 0 bridgehead atoms. The number of rotatable bonds is 3. The Bertz CT molecular complexity index is 256. The monoisotopic (exact) mass is 181 g/mol. The Balaban J connectivity index is 2.66. The second-order valence-corrected chi connectivity index (χ2v) is 3.24. The van der Waals surface area contributed by atoms with Crippen LogP contribution in [0.1, 0.15) is 0 Å². The molecule has 0 amide bonds. The van der Waals surface area contributed by atoms with Crippen molar-refractivity contribution in [2.24, 2.45) is 0 Å². The fraction of sp³-hybridized carbons (Fsp3) is 0.500. The van der Waals surface area contributed by atoms with Crippen molar-refractivity contribution in [1.29, 1.82) is 0 Å². The smallest absolute Gasteiger partial charge is 0.152 e. The molecule has 5 heteroatoms. The van der Waals surface area contributed by atoms with Gasteiger partial charge in [-0.3, -0.25) is 4.90 Å². The third-order valence-electron chi connectivity index (χ3n) is 1.56. The van der Waals surface area contributed by atoms with E-state index in [4.69, 9.17) is 5.73 Å². The first-order valence-corrected chi connectivity index (χ1v) is 4.04. The van der Waals surface area contributed by atoms with Gasteiger partial charge in [0.1, 0.15) is 5.82 Å². The summed E-state index contributed by atoms with van der Waals surface area (Å²) in [6, 6.07) is 3.60. The molecule has 13 heavy (non-hydrogen) atoms. The molecule has 0 saturated carbocycles. The minimum atomic E-state index is 0.446. The topological polar surface area (TPSA) is 58.3 Å². The highest BCUT2D eigenvalue weighted by molar-refractivity contribution is 5.40. The summed E-state index contributed by atoms with van der Waals surface area (Å²) in [6.45, 7) is 0.804. The third kappa shape index (κ3) is 2.87. The molecule has 0 saturated heterocycles. The van der Waals surface area contributed by atoms with E-state index in [2.05, 4.69) is 15.1 Å². The Labute approximate surface area is 78.2 Å². The molecule has 1 rings (SSSR count). The highest BCUT2D eigenvalue weighted by atomic mass is 15.3. The Morgan fingerprint density at radius 1 is 1.23 bits per heavy atom. The number of nitrogens with two attached hydrogens (primary N) is 1. The molecule has 0 atom stereocenters. The first-order valence-electron chi connectivity index (χ1n) is 4.04. The van der Waals surface area contributed by atoms with Gasteiger partial charge in [-0.25, -0.2) is 0 Å². The normalized spacial score (nSPS) is 10.5. The van der Waals surface area contributed by atoms with E-state index >= 15 is 0 Å². The molecule has 0 aliphatic rings. The minimum absolute atomic E-state index is 0.446. The molecule has 0 spiro atoms. The molecule has 0 aliphatic carbocycles. The summed E-state index contributed by atoms with van der Waals surface area (Å²) in [6.07, 6.45) is 0. The van der Waals surface area contributed by atoms with E-state index in [0.717, 1.165) is 12.5 Å². The van der Waals surface area contributed by atoms with Crippen LogP contribution >= 0.6 is 0 Å². The number of hydrogen-bond donors (Lipinski definition) is 1. The van der Waals surface area contributed by atoms with Gasteiger partial charge in [-0.1, -0.05) is 0 Å². The lowest BCUT2D eigenvalue weighted by Gasteiger charge is -2.21. The van der Waals surface area contributed by atoms with Crippen LogP contribution < -0.4 is 10.6 Å². The zero-order chi connectivity index (χ0) is 9.84. The van der Waals surface area contributed by atoms with Gasteiger partial charge in [-0.05, 0) is 26.2 Å². The van der Waals surface area contributed by atoms with Crippen molar-refractivity contribution in [3.63, 3.8) is 0 Å². The molecule has 72 valence electrons. The number of hydrogen-bond acceptors (Lipinski definition) is 5. The van der Waals surface area contributed by atoms with Gasteiger partial charge in [0.2, 0.25) is 0 Å². The lowest BCUT2D eigenvalue weighted by molar-refractivity contribution is 0.410. The Morgan fingerprint density at radius 3 is 2.38 bits per heavy atom. The molecule has 0 fully saturated rings. The number of aromatic nitrogens is 2. The molecule has 0 aromatic carbocycles. The maximum Gasteiger partial charge on any atom is 0.152 e. The summed E-state index contributed by atoms with van der Waals surface area (Å²) in [5.41, 5.74) is 5.43. The quantitative estimate of drug-likeness (QED) is 0.666. The second-order valence-electron chi connectivity index (χ2n) is 3.24. The van der Waals surface area contributed by atoms with Crippen LogP contribution in [-0.2, 0) is 0 Å². The van der Waals surface area contributed by atoms with E-state index in [9.17, 15) is 0 Å². The highest BCUT2D eigenvalue weighted by Gasteiger charge is 2.02. The average molecular weight is 181 g/mol. The van der Waals surface area contributed by atoms with Crippen molar-refractivity contribution in [3.8, 4) is 0 Å². The summed E-state index contributed by atoms with van der Waals surface area (Å²) >= 11 is 0. The lowest BCUT2D eigenvalue weighted by Crippen LogP contribution is -2.30. The molecule has 0 unspecified atom stereocenters. The largest absolute Gasteiger partial charge is 0.382 e. The number of nitrogen functional groups attached to an aromatic ring is 1. The Hall–Kier alpha value is -1.36. The molecular weight excluding hydrogens is 166 g/mol. The van der Waals surface area contributed by atoms with Crippen molar-refractivity contribution in [3.05, 3.63) is 12.1 Å². The van der Waals surface area contributed by atoms with Crippen LogP contribution in [0.2, 0.25) is 0 Å². The summed E-state index contributed by atoms with van der Waals surface area (Å²) < 4.78 is 0. The fourth-order valence-electron chi connectivity index (χ4n) is 1.04. The van der Waals surface area contributed by atoms with Crippen LogP contribution in [0.4, 0.5) is 11.6 Å². The van der Waals surface area contributed by atoms with Gasteiger partial charge in [-0.2, -0.15) is 0 Å². The molecule has 1 heterocycles. The lowest BCUT2D eigenvalue weighted by atomic mass is 10.5. The first-order chi connectivity index (χ1) is 6.09. The first kappa shape index (κ1) is 9.73. The maximum atomic E-state index is 5.43. The predicted octanol–water partition coefficient (Wildman–Crippen LogP) is 0.0141. The summed E-state index contributed by atoms with van der Waals surface area (Å²) in [7, 11) is 5.96. The minimum Gasteiger partial charge on any atom is -0.382 e. The van der Waals surface area contributed by atoms with Crippen LogP contribution in [0, 0.1) is 0 Å². The van der Waals surface area contributed by atoms with Crippen LogP contribution in [0.25, 0.3) is 0 Å². The van der Waals surface area contributed by atoms with Crippen LogP contribution in [0.3, 0.4) is 0 Å². The van der Waals surface area contributed by atoms with Crippen molar-refractivity contribution in [2.45, 2.75) is 0 Å². The zero-order valence-corrected chi connectivity index (χ0v) is 8.23. The van der Waals surface area contributed by atoms with E-state index in [1.165, 1.54) is 0 Å². The fourth-order valence-corrected chi connectivity index (χ4v) is 1.04. The van der Waals surface area contributed by atoms with Gasteiger partial charge in [0, 0.05) is 7.05 Å². The summed E-state index contributed by atoms with van der Waals surface area (Å²) in [5.74, 6) is 1.27. The van der Waals surface area contributed by atoms with Crippen LogP contribution in [0.5, 0.6) is 0 Å². The van der Waals surface area contributed by atoms with Gasteiger partial charge in [0.15, 0.2) is 5.82 Å². The van der Waals surface area contributed by atoms with Gasteiger partial charge < -0.3 is 10.6 Å².